The number of fused-ring (bicyclic) bond motifs is 1. The van der Waals surface area contributed by atoms with Crippen molar-refractivity contribution in [2.45, 2.75) is 32.9 Å². The van der Waals surface area contributed by atoms with Crippen molar-refractivity contribution in [2.24, 2.45) is 11.1 Å². The van der Waals surface area contributed by atoms with E-state index in [-0.39, 0.29) is 5.41 Å². The van der Waals surface area contributed by atoms with Crippen LogP contribution in [0.5, 0.6) is 0 Å². The van der Waals surface area contributed by atoms with Crippen LogP contribution in [0.2, 0.25) is 0 Å². The first-order valence-electron chi connectivity index (χ1n) is 7.36. The molecule has 2 heterocycles. The van der Waals surface area contributed by atoms with Gasteiger partial charge in [0.1, 0.15) is 0 Å². The molecule has 20 heavy (non-hydrogen) atoms. The third-order valence-corrected chi connectivity index (χ3v) is 4.46. The fraction of sp³-hybridized carbons (Fsp3) is 0.471. The van der Waals surface area contributed by atoms with Gasteiger partial charge in [0.25, 0.3) is 0 Å². The molecule has 1 aromatic heterocycles. The monoisotopic (exact) mass is 269 g/mol. The quantitative estimate of drug-likeness (QED) is 0.911. The Labute approximate surface area is 120 Å². The van der Waals surface area contributed by atoms with Gasteiger partial charge in [-0.2, -0.15) is 0 Å². The average molecular weight is 269 g/mol. The van der Waals surface area contributed by atoms with E-state index in [9.17, 15) is 0 Å². The Balaban J connectivity index is 1.76. The lowest BCUT2D eigenvalue weighted by Crippen LogP contribution is -2.52. The molecule has 106 valence electrons. The van der Waals surface area contributed by atoms with Crippen molar-refractivity contribution in [3.63, 3.8) is 0 Å². The predicted molar refractivity (Wildman–Crippen MR) is 83.4 cm³/mol. The standard InChI is InChI=1S/C17H23N3/c1-17(2)12-20(9-7-16(17)18)11-13-5-6-15-14(10-13)4-3-8-19-15/h3-6,8,10,16H,7,9,11-12,18H2,1-2H3. The lowest BCUT2D eigenvalue weighted by molar-refractivity contribution is 0.0899. The van der Waals surface area contributed by atoms with Crippen LogP contribution >= 0.6 is 0 Å². The van der Waals surface area contributed by atoms with Gasteiger partial charge in [-0.15, -0.1) is 0 Å². The van der Waals surface area contributed by atoms with Crippen LogP contribution < -0.4 is 5.73 Å². The summed E-state index contributed by atoms with van der Waals surface area (Å²) in [6.45, 7) is 7.71. The maximum Gasteiger partial charge on any atom is 0.0702 e. The normalized spacial score (nSPS) is 23.1. The van der Waals surface area contributed by atoms with Crippen LogP contribution in [0.15, 0.2) is 36.5 Å². The number of hydrogen-bond acceptors (Lipinski definition) is 3. The molecule has 3 nitrogen and oxygen atoms in total. The lowest BCUT2D eigenvalue weighted by Gasteiger charge is -2.42. The van der Waals surface area contributed by atoms with Gasteiger partial charge in [0.05, 0.1) is 5.52 Å². The highest BCUT2D eigenvalue weighted by atomic mass is 15.1. The van der Waals surface area contributed by atoms with E-state index in [0.29, 0.717) is 6.04 Å². The third kappa shape index (κ3) is 2.69. The van der Waals surface area contributed by atoms with E-state index in [1.165, 1.54) is 10.9 Å². The summed E-state index contributed by atoms with van der Waals surface area (Å²) in [5.41, 5.74) is 8.84. The molecule has 0 spiro atoms. The van der Waals surface area contributed by atoms with Crippen LogP contribution in [0.3, 0.4) is 0 Å². The summed E-state index contributed by atoms with van der Waals surface area (Å²) in [4.78, 5) is 6.89. The maximum atomic E-state index is 6.21. The van der Waals surface area contributed by atoms with Crippen LogP contribution in [0.25, 0.3) is 10.9 Å². The molecule has 0 radical (unpaired) electrons. The number of rotatable bonds is 2. The SMILES string of the molecule is CC1(C)CN(Cc2ccc3ncccc3c2)CCC1N. The Morgan fingerprint density at radius 3 is 3.00 bits per heavy atom. The first-order valence-corrected chi connectivity index (χ1v) is 7.36. The van der Waals surface area contributed by atoms with Crippen molar-refractivity contribution in [3.8, 4) is 0 Å². The smallest absolute Gasteiger partial charge is 0.0702 e. The van der Waals surface area contributed by atoms with E-state index in [0.717, 1.165) is 31.6 Å². The fourth-order valence-corrected chi connectivity index (χ4v) is 3.10. The molecule has 3 heteroatoms. The Hall–Kier alpha value is -1.45. The average Bonchev–Trinajstić information content (AvgIpc) is 2.42. The highest BCUT2D eigenvalue weighted by molar-refractivity contribution is 5.78. The van der Waals surface area contributed by atoms with Crippen molar-refractivity contribution >= 4 is 10.9 Å². The van der Waals surface area contributed by atoms with Crippen LogP contribution in [-0.4, -0.2) is 29.0 Å². The number of aromatic nitrogens is 1. The number of piperidine rings is 1. The van der Waals surface area contributed by atoms with Crippen molar-refractivity contribution in [1.82, 2.24) is 9.88 Å². The number of nitrogens with zero attached hydrogens (tertiary/aromatic N) is 2. The highest BCUT2D eigenvalue weighted by Gasteiger charge is 2.33. The number of hydrogen-bond donors (Lipinski definition) is 1. The Morgan fingerprint density at radius 2 is 2.20 bits per heavy atom. The van der Waals surface area contributed by atoms with E-state index in [1.807, 2.05) is 12.3 Å². The number of nitrogens with two attached hydrogens (primary N) is 1. The molecule has 0 saturated carbocycles. The zero-order valence-electron chi connectivity index (χ0n) is 12.3. The maximum absolute atomic E-state index is 6.21. The molecule has 1 aliphatic heterocycles. The summed E-state index contributed by atoms with van der Waals surface area (Å²) in [6, 6.07) is 11.0. The predicted octanol–water partition coefficient (Wildman–Crippen LogP) is 2.79. The first-order chi connectivity index (χ1) is 9.54. The van der Waals surface area contributed by atoms with Gasteiger partial charge in [-0.3, -0.25) is 9.88 Å². The lowest BCUT2D eigenvalue weighted by atomic mass is 9.79. The number of likely N-dealkylation sites (tertiary alicyclic amines) is 1. The Bertz CT molecular complexity index is 606. The third-order valence-electron chi connectivity index (χ3n) is 4.46. The number of pyridine rings is 1. The van der Waals surface area contributed by atoms with Gasteiger partial charge >= 0.3 is 0 Å². The second-order valence-electron chi connectivity index (χ2n) is 6.62. The van der Waals surface area contributed by atoms with Crippen molar-refractivity contribution in [2.75, 3.05) is 13.1 Å². The molecule has 2 N–H and O–H groups in total. The van der Waals surface area contributed by atoms with E-state index >= 15 is 0 Å². The summed E-state index contributed by atoms with van der Waals surface area (Å²) in [5.74, 6) is 0. The van der Waals surface area contributed by atoms with Gasteiger partial charge in [0.15, 0.2) is 0 Å². The fourth-order valence-electron chi connectivity index (χ4n) is 3.10. The van der Waals surface area contributed by atoms with Crippen LogP contribution in [0.4, 0.5) is 0 Å². The van der Waals surface area contributed by atoms with E-state index in [4.69, 9.17) is 5.73 Å². The second-order valence-corrected chi connectivity index (χ2v) is 6.62. The second kappa shape index (κ2) is 5.15. The molecule has 1 saturated heterocycles. The summed E-state index contributed by atoms with van der Waals surface area (Å²) in [6.07, 6.45) is 2.93. The molecular weight excluding hydrogens is 246 g/mol. The summed E-state index contributed by atoms with van der Waals surface area (Å²) < 4.78 is 0. The molecule has 1 aliphatic rings. The zero-order chi connectivity index (χ0) is 14.2. The molecule has 2 aromatic rings. The molecule has 1 unspecified atom stereocenters. The minimum Gasteiger partial charge on any atom is -0.327 e. The molecule has 0 aliphatic carbocycles. The molecule has 1 aromatic carbocycles. The van der Waals surface area contributed by atoms with E-state index < -0.39 is 0 Å². The number of benzene rings is 1. The molecular formula is C17H23N3. The van der Waals surface area contributed by atoms with Crippen molar-refractivity contribution in [3.05, 3.63) is 42.1 Å². The molecule has 0 bridgehead atoms. The minimum atomic E-state index is 0.205. The summed E-state index contributed by atoms with van der Waals surface area (Å²) >= 11 is 0. The first kappa shape index (κ1) is 13.5. The summed E-state index contributed by atoms with van der Waals surface area (Å²) in [5, 5.41) is 1.22. The van der Waals surface area contributed by atoms with Gasteiger partial charge in [0, 0.05) is 37.3 Å². The van der Waals surface area contributed by atoms with Gasteiger partial charge in [-0.1, -0.05) is 26.0 Å². The van der Waals surface area contributed by atoms with Crippen LogP contribution in [-0.2, 0) is 6.54 Å². The zero-order valence-corrected chi connectivity index (χ0v) is 12.3. The van der Waals surface area contributed by atoms with Crippen molar-refractivity contribution < 1.29 is 0 Å². The van der Waals surface area contributed by atoms with Crippen molar-refractivity contribution in [1.29, 1.82) is 0 Å². The Kier molecular flexibility index (Phi) is 3.48. The highest BCUT2D eigenvalue weighted by Crippen LogP contribution is 2.28. The molecule has 1 atom stereocenters. The molecule has 1 fully saturated rings. The Morgan fingerprint density at radius 1 is 1.35 bits per heavy atom. The molecule has 3 rings (SSSR count). The van der Waals surface area contributed by atoms with E-state index in [1.54, 1.807) is 0 Å². The van der Waals surface area contributed by atoms with E-state index in [2.05, 4.69) is 48.0 Å². The van der Waals surface area contributed by atoms with Crippen LogP contribution in [0, 0.1) is 5.41 Å². The molecule has 0 amide bonds. The topological polar surface area (TPSA) is 42.2 Å². The summed E-state index contributed by atoms with van der Waals surface area (Å²) in [7, 11) is 0. The van der Waals surface area contributed by atoms with Crippen LogP contribution in [0.1, 0.15) is 25.8 Å². The van der Waals surface area contributed by atoms with Gasteiger partial charge in [0.2, 0.25) is 0 Å². The van der Waals surface area contributed by atoms with Gasteiger partial charge in [-0.25, -0.2) is 0 Å². The minimum absolute atomic E-state index is 0.205. The largest absolute Gasteiger partial charge is 0.327 e. The van der Waals surface area contributed by atoms with Gasteiger partial charge in [-0.05, 0) is 35.6 Å². The van der Waals surface area contributed by atoms with Gasteiger partial charge < -0.3 is 5.73 Å².